The molecular formula is C73H76IrN4. The summed E-state index contributed by atoms with van der Waals surface area (Å²) in [4.78, 5) is 4.87. The van der Waals surface area contributed by atoms with E-state index in [1.165, 1.54) is 196 Å². The van der Waals surface area contributed by atoms with Gasteiger partial charge in [0.1, 0.15) is 24.6 Å². The monoisotopic (exact) mass is 1200 g/mol. The molecule has 5 aliphatic rings. The Kier molecular flexibility index (Phi) is 16.3. The Morgan fingerprint density at radius 3 is 1.45 bits per heavy atom. The Labute approximate surface area is 478 Å². The maximum absolute atomic E-state index is 4.87. The van der Waals surface area contributed by atoms with Gasteiger partial charge in [0.2, 0.25) is 0 Å². The summed E-state index contributed by atoms with van der Waals surface area (Å²) in [5.41, 5.74) is 21.4. The Morgan fingerprint density at radius 2 is 0.910 bits per heavy atom. The standard InChI is InChI=1S/C40H41N2.C33H35N2.Ir/c1-5-15-29(16-6-1)35-27-36(30-17-7-2-8-18-30)38(32-21-11-4-12-22-32)39(37(35)31-19-9-3-10-20-31)42-26-25-41-28-33-23-13-14-24-34(33)40(41)42;1-5-13-25(14-6-1)29-21-22-30(26-15-7-2-8-16-26)32(31(29)27-17-9-3-10-18-27)35-24-23-34-33(35)28-19-11-4-12-20-28;/h1-2,5-8,13-18,23-27,31-32H,3-4,9-12,19-22,28H2;1,4-6,11-14,19,21-24,26-27H,2-3,7-10,15-18H2;/q+1;-1;. The van der Waals surface area contributed by atoms with Crippen LogP contribution in [0, 0.1) is 6.07 Å². The number of imidazole rings is 2. The Bertz CT molecular complexity index is 3320. The first kappa shape index (κ1) is 52.3. The molecule has 4 aliphatic carbocycles. The van der Waals surface area contributed by atoms with E-state index < -0.39 is 0 Å². The van der Waals surface area contributed by atoms with Crippen LogP contribution in [0.15, 0.2) is 183 Å². The fraction of sp³-hybridized carbons (Fsp3) is 0.342. The second-order valence-electron chi connectivity index (χ2n) is 23.2. The van der Waals surface area contributed by atoms with Crippen molar-refractivity contribution in [3.8, 4) is 67.5 Å². The molecule has 0 unspecified atom stereocenters. The SMILES string of the molecule is [Ir].[c-]1ccccc1-c1nccn1-c1c(C2CCCCC2)ccc(-c2ccccc2)c1C1CCCCC1.c1ccc(-c2cc(-c3ccccc3)c(C3CCCCC3)c(-n3cc[n+]4c3-c3ccccc3C4)c2C2CCCCC2)cc1. The summed E-state index contributed by atoms with van der Waals surface area (Å²) < 4.78 is 7.53. The van der Waals surface area contributed by atoms with Crippen molar-refractivity contribution in [3.05, 3.63) is 216 Å². The van der Waals surface area contributed by atoms with E-state index in [2.05, 4.69) is 184 Å². The Balaban J connectivity index is 0.000000157. The molecule has 1 aliphatic heterocycles. The van der Waals surface area contributed by atoms with Crippen LogP contribution in [0.4, 0.5) is 0 Å². The van der Waals surface area contributed by atoms with E-state index in [0.717, 1.165) is 17.9 Å². The molecular weight excluding hydrogens is 1130 g/mol. The zero-order valence-electron chi connectivity index (χ0n) is 45.6. The Hall–Kier alpha value is -6.39. The number of hydrogen-bond acceptors (Lipinski definition) is 1. The molecule has 7 aromatic carbocycles. The maximum Gasteiger partial charge on any atom is 0.294 e. The Morgan fingerprint density at radius 1 is 0.423 bits per heavy atom. The van der Waals surface area contributed by atoms with Gasteiger partial charge in [-0.15, -0.1) is 35.9 Å². The molecule has 397 valence electrons. The fourth-order valence-corrected chi connectivity index (χ4v) is 14.9. The van der Waals surface area contributed by atoms with Gasteiger partial charge in [-0.25, -0.2) is 4.57 Å². The number of aromatic nitrogens is 4. The van der Waals surface area contributed by atoms with E-state index in [4.69, 9.17) is 4.98 Å². The molecule has 3 heterocycles. The van der Waals surface area contributed by atoms with Crippen LogP contribution in [0.1, 0.15) is 180 Å². The molecule has 0 atom stereocenters. The molecule has 0 spiro atoms. The zero-order chi connectivity index (χ0) is 51.3. The van der Waals surface area contributed by atoms with Crippen molar-refractivity contribution >= 4 is 0 Å². The molecule has 0 bridgehead atoms. The van der Waals surface area contributed by atoms with E-state index in [0.29, 0.717) is 23.7 Å². The second kappa shape index (κ2) is 24.3. The number of fused-ring (bicyclic) bond motifs is 3. The number of nitrogens with zero attached hydrogens (tertiary/aromatic N) is 4. The first-order valence-electron chi connectivity index (χ1n) is 30.0. The first-order valence-corrected chi connectivity index (χ1v) is 30.0. The topological polar surface area (TPSA) is 26.6 Å². The minimum Gasteiger partial charge on any atom is -0.339 e. The van der Waals surface area contributed by atoms with Crippen LogP contribution in [0.5, 0.6) is 0 Å². The van der Waals surface area contributed by atoms with Gasteiger partial charge >= 0.3 is 0 Å². The van der Waals surface area contributed by atoms with Crippen molar-refractivity contribution in [3.63, 3.8) is 0 Å². The van der Waals surface area contributed by atoms with Gasteiger partial charge in [-0.2, -0.15) is 4.57 Å². The van der Waals surface area contributed by atoms with Crippen LogP contribution < -0.4 is 4.57 Å². The van der Waals surface area contributed by atoms with Crippen LogP contribution in [-0.2, 0) is 26.7 Å². The van der Waals surface area contributed by atoms with Gasteiger partial charge in [-0.05, 0) is 132 Å². The molecule has 4 saturated carbocycles. The molecule has 78 heavy (non-hydrogen) atoms. The first-order chi connectivity index (χ1) is 38.3. The van der Waals surface area contributed by atoms with Crippen molar-refractivity contribution in [1.82, 2.24) is 14.1 Å². The van der Waals surface area contributed by atoms with Crippen LogP contribution in [0.3, 0.4) is 0 Å². The maximum atomic E-state index is 4.87. The fourth-order valence-electron chi connectivity index (χ4n) is 14.9. The van der Waals surface area contributed by atoms with Crippen molar-refractivity contribution in [1.29, 1.82) is 0 Å². The molecule has 0 N–H and O–H groups in total. The number of hydrogen-bond donors (Lipinski definition) is 0. The van der Waals surface area contributed by atoms with Gasteiger partial charge < -0.3 is 4.57 Å². The van der Waals surface area contributed by atoms with Crippen LogP contribution in [0.2, 0.25) is 0 Å². The second-order valence-corrected chi connectivity index (χ2v) is 23.2. The predicted molar refractivity (Wildman–Crippen MR) is 318 cm³/mol. The van der Waals surface area contributed by atoms with Gasteiger partial charge in [0.25, 0.3) is 5.82 Å². The third-order valence-corrected chi connectivity index (χ3v) is 18.5. The summed E-state index contributed by atoms with van der Waals surface area (Å²) in [6.45, 7) is 0.958. The van der Waals surface area contributed by atoms with E-state index >= 15 is 0 Å². The summed E-state index contributed by atoms with van der Waals surface area (Å²) in [5, 5.41) is 0. The van der Waals surface area contributed by atoms with E-state index in [1.807, 2.05) is 18.3 Å². The van der Waals surface area contributed by atoms with Gasteiger partial charge in [-0.1, -0.05) is 198 Å². The number of rotatable bonds is 10. The number of benzene rings is 7. The van der Waals surface area contributed by atoms with Crippen molar-refractivity contribution < 1.29 is 24.7 Å². The summed E-state index contributed by atoms with van der Waals surface area (Å²) >= 11 is 0. The summed E-state index contributed by atoms with van der Waals surface area (Å²) in [6.07, 6.45) is 35.3. The van der Waals surface area contributed by atoms with Gasteiger partial charge in [0.05, 0.1) is 11.4 Å². The minimum absolute atomic E-state index is 0. The molecule has 4 nitrogen and oxygen atoms in total. The van der Waals surface area contributed by atoms with E-state index in [9.17, 15) is 0 Å². The third kappa shape index (κ3) is 10.5. The molecule has 4 fully saturated rings. The predicted octanol–water partition coefficient (Wildman–Crippen LogP) is 19.3. The van der Waals surface area contributed by atoms with Crippen molar-refractivity contribution in [2.45, 2.75) is 159 Å². The molecule has 0 amide bonds. The van der Waals surface area contributed by atoms with Gasteiger partial charge in [0.15, 0.2) is 0 Å². The van der Waals surface area contributed by atoms with Crippen LogP contribution >= 0.6 is 0 Å². The quantitative estimate of drug-likeness (QED) is 0.0990. The average Bonchev–Trinajstić information content (AvgIpc) is 4.40. The van der Waals surface area contributed by atoms with Crippen molar-refractivity contribution in [2.75, 3.05) is 0 Å². The molecule has 14 rings (SSSR count). The van der Waals surface area contributed by atoms with Crippen molar-refractivity contribution in [2.24, 2.45) is 0 Å². The summed E-state index contributed by atoms with van der Waals surface area (Å²) in [7, 11) is 0. The minimum atomic E-state index is 0. The average molecular weight is 1200 g/mol. The van der Waals surface area contributed by atoms with Crippen LogP contribution in [0.25, 0.3) is 67.5 Å². The largest absolute Gasteiger partial charge is 0.339 e. The summed E-state index contributed by atoms with van der Waals surface area (Å²) in [6, 6.07) is 61.9. The summed E-state index contributed by atoms with van der Waals surface area (Å²) in [5.74, 6) is 4.73. The zero-order valence-corrected chi connectivity index (χ0v) is 48.0. The smallest absolute Gasteiger partial charge is 0.294 e. The molecule has 2 aromatic heterocycles. The van der Waals surface area contributed by atoms with Gasteiger partial charge in [0, 0.05) is 54.9 Å². The van der Waals surface area contributed by atoms with E-state index in [1.54, 1.807) is 16.7 Å². The molecule has 0 saturated heterocycles. The van der Waals surface area contributed by atoms with E-state index in [-0.39, 0.29) is 20.1 Å². The third-order valence-electron chi connectivity index (χ3n) is 18.5. The molecule has 1 radical (unpaired) electrons. The van der Waals surface area contributed by atoms with Gasteiger partial charge in [-0.3, -0.25) is 4.98 Å². The molecule has 5 heteroatoms. The normalized spacial score (nSPS) is 17.1. The van der Waals surface area contributed by atoms with Crippen LogP contribution in [-0.4, -0.2) is 14.1 Å². The molecule has 9 aromatic rings.